The molecule has 0 atom stereocenters. The average Bonchev–Trinajstić information content (AvgIpc) is 2.77. The molecule has 0 aliphatic carbocycles. The Morgan fingerprint density at radius 3 is 2.88 bits per heavy atom. The zero-order valence-electron chi connectivity index (χ0n) is 9.93. The molecule has 0 radical (unpaired) electrons. The van der Waals surface area contributed by atoms with Gasteiger partial charge in [0.15, 0.2) is 0 Å². The largest absolute Gasteiger partial charge is 0.326 e. The standard InChI is InChI=1S/C11H18N2O2S2/c1-3-4-5-7-13(2)17(14,15)11-6-8-16-10(11)9-12/h3,6,8H,1,4-5,7,9,12H2,2H3. The van der Waals surface area contributed by atoms with Crippen LogP contribution in [-0.2, 0) is 16.6 Å². The Morgan fingerprint density at radius 2 is 2.29 bits per heavy atom. The van der Waals surface area contributed by atoms with Crippen LogP contribution in [0.25, 0.3) is 0 Å². The average molecular weight is 274 g/mol. The summed E-state index contributed by atoms with van der Waals surface area (Å²) in [5, 5.41) is 1.76. The number of sulfonamides is 1. The Bertz CT molecular complexity index is 466. The second-order valence-electron chi connectivity index (χ2n) is 3.67. The molecule has 17 heavy (non-hydrogen) atoms. The number of hydrogen-bond donors (Lipinski definition) is 1. The first kappa shape index (κ1) is 14.4. The van der Waals surface area contributed by atoms with Crippen molar-refractivity contribution in [2.45, 2.75) is 24.3 Å². The minimum absolute atomic E-state index is 0.257. The van der Waals surface area contributed by atoms with Crippen LogP contribution in [0.15, 0.2) is 29.0 Å². The van der Waals surface area contributed by atoms with Crippen molar-refractivity contribution < 1.29 is 8.42 Å². The summed E-state index contributed by atoms with van der Waals surface area (Å²) in [6, 6.07) is 1.62. The van der Waals surface area contributed by atoms with Gasteiger partial charge in [0.1, 0.15) is 0 Å². The molecule has 0 aliphatic heterocycles. The molecule has 1 aromatic rings. The summed E-state index contributed by atoms with van der Waals surface area (Å²) in [6.45, 7) is 4.37. The molecule has 0 fully saturated rings. The molecule has 2 N–H and O–H groups in total. The number of allylic oxidation sites excluding steroid dienone is 1. The summed E-state index contributed by atoms with van der Waals surface area (Å²) in [4.78, 5) is 1.05. The van der Waals surface area contributed by atoms with Crippen LogP contribution in [0.1, 0.15) is 17.7 Å². The van der Waals surface area contributed by atoms with Gasteiger partial charge in [-0.1, -0.05) is 6.08 Å². The summed E-state index contributed by atoms with van der Waals surface area (Å²) in [6.07, 6.45) is 3.38. The lowest BCUT2D eigenvalue weighted by Crippen LogP contribution is -2.28. The van der Waals surface area contributed by atoms with E-state index >= 15 is 0 Å². The Balaban J connectivity index is 2.83. The van der Waals surface area contributed by atoms with E-state index in [-0.39, 0.29) is 6.54 Å². The molecule has 0 bridgehead atoms. The van der Waals surface area contributed by atoms with Crippen LogP contribution < -0.4 is 5.73 Å². The normalized spacial score (nSPS) is 11.9. The SMILES string of the molecule is C=CCCCN(C)S(=O)(=O)c1ccsc1CN. The van der Waals surface area contributed by atoms with Gasteiger partial charge in [0.25, 0.3) is 0 Å². The second-order valence-corrected chi connectivity index (χ2v) is 6.68. The predicted molar refractivity (Wildman–Crippen MR) is 71.5 cm³/mol. The van der Waals surface area contributed by atoms with Crippen molar-refractivity contribution in [3.05, 3.63) is 29.0 Å². The lowest BCUT2D eigenvalue weighted by Gasteiger charge is -2.16. The fourth-order valence-electron chi connectivity index (χ4n) is 1.45. The molecule has 6 heteroatoms. The Morgan fingerprint density at radius 1 is 1.59 bits per heavy atom. The molecule has 0 aromatic carbocycles. The highest BCUT2D eigenvalue weighted by molar-refractivity contribution is 7.89. The van der Waals surface area contributed by atoms with Crippen molar-refractivity contribution >= 4 is 21.4 Å². The number of unbranched alkanes of at least 4 members (excludes halogenated alkanes) is 1. The first-order valence-electron chi connectivity index (χ1n) is 5.37. The van der Waals surface area contributed by atoms with E-state index in [4.69, 9.17) is 5.73 Å². The van der Waals surface area contributed by atoms with Crippen molar-refractivity contribution in [2.24, 2.45) is 5.73 Å². The van der Waals surface area contributed by atoms with Gasteiger partial charge in [-0.05, 0) is 24.3 Å². The smallest absolute Gasteiger partial charge is 0.243 e. The maximum atomic E-state index is 12.2. The summed E-state index contributed by atoms with van der Waals surface area (Å²) in [7, 11) is -1.80. The molecule has 1 aromatic heterocycles. The van der Waals surface area contributed by atoms with Crippen molar-refractivity contribution in [2.75, 3.05) is 13.6 Å². The van der Waals surface area contributed by atoms with Gasteiger partial charge in [-0.25, -0.2) is 12.7 Å². The van der Waals surface area contributed by atoms with Crippen LogP contribution in [0, 0.1) is 0 Å². The molecule has 96 valence electrons. The zero-order valence-corrected chi connectivity index (χ0v) is 11.6. The molecule has 0 unspecified atom stereocenters. The Hall–Kier alpha value is -0.690. The molecule has 0 saturated carbocycles. The molecule has 1 rings (SSSR count). The fourth-order valence-corrected chi connectivity index (χ4v) is 3.97. The quantitative estimate of drug-likeness (QED) is 0.609. The van der Waals surface area contributed by atoms with E-state index in [1.165, 1.54) is 15.6 Å². The highest BCUT2D eigenvalue weighted by Gasteiger charge is 2.23. The molecule has 4 nitrogen and oxygen atoms in total. The molecule has 0 amide bonds. The van der Waals surface area contributed by atoms with Gasteiger partial charge in [-0.3, -0.25) is 0 Å². The van der Waals surface area contributed by atoms with Gasteiger partial charge in [-0.15, -0.1) is 17.9 Å². The van der Waals surface area contributed by atoms with Gasteiger partial charge >= 0.3 is 0 Å². The first-order valence-corrected chi connectivity index (χ1v) is 7.69. The highest BCUT2D eigenvalue weighted by atomic mass is 32.2. The minimum atomic E-state index is -3.39. The number of rotatable bonds is 7. The van der Waals surface area contributed by atoms with Crippen LogP contribution in [0.5, 0.6) is 0 Å². The van der Waals surface area contributed by atoms with E-state index in [1.54, 1.807) is 24.6 Å². The van der Waals surface area contributed by atoms with E-state index in [2.05, 4.69) is 6.58 Å². The van der Waals surface area contributed by atoms with Crippen LogP contribution in [-0.4, -0.2) is 26.3 Å². The van der Waals surface area contributed by atoms with Crippen LogP contribution in [0.2, 0.25) is 0 Å². The maximum absolute atomic E-state index is 12.2. The highest BCUT2D eigenvalue weighted by Crippen LogP contribution is 2.24. The van der Waals surface area contributed by atoms with Crippen molar-refractivity contribution in [1.82, 2.24) is 4.31 Å². The maximum Gasteiger partial charge on any atom is 0.243 e. The van der Waals surface area contributed by atoms with E-state index < -0.39 is 10.0 Å². The van der Waals surface area contributed by atoms with E-state index in [0.29, 0.717) is 16.3 Å². The van der Waals surface area contributed by atoms with Gasteiger partial charge in [0, 0.05) is 25.0 Å². The third-order valence-corrected chi connectivity index (χ3v) is 5.47. The number of nitrogens with zero attached hydrogens (tertiary/aromatic N) is 1. The number of hydrogen-bond acceptors (Lipinski definition) is 4. The molecule has 0 aliphatic rings. The van der Waals surface area contributed by atoms with Crippen molar-refractivity contribution in [3.63, 3.8) is 0 Å². The Labute approximate surface area is 107 Å². The van der Waals surface area contributed by atoms with Gasteiger partial charge in [-0.2, -0.15) is 0 Å². The van der Waals surface area contributed by atoms with E-state index in [0.717, 1.165) is 12.8 Å². The number of thiophene rings is 1. The molecule has 0 saturated heterocycles. The minimum Gasteiger partial charge on any atom is -0.326 e. The topological polar surface area (TPSA) is 63.4 Å². The lowest BCUT2D eigenvalue weighted by atomic mass is 10.3. The summed E-state index contributed by atoms with van der Waals surface area (Å²) in [5.74, 6) is 0. The van der Waals surface area contributed by atoms with Crippen LogP contribution in [0.4, 0.5) is 0 Å². The van der Waals surface area contributed by atoms with Crippen molar-refractivity contribution in [3.8, 4) is 0 Å². The monoisotopic (exact) mass is 274 g/mol. The summed E-state index contributed by atoms with van der Waals surface area (Å²) < 4.78 is 25.8. The fraction of sp³-hybridized carbons (Fsp3) is 0.455. The zero-order chi connectivity index (χ0) is 12.9. The molecular weight excluding hydrogens is 256 g/mol. The summed E-state index contributed by atoms with van der Waals surface area (Å²) in [5.41, 5.74) is 5.53. The van der Waals surface area contributed by atoms with E-state index in [1.807, 2.05) is 0 Å². The Kier molecular flexibility index (Phi) is 5.32. The third kappa shape index (κ3) is 3.38. The summed E-state index contributed by atoms with van der Waals surface area (Å²) >= 11 is 1.38. The lowest BCUT2D eigenvalue weighted by molar-refractivity contribution is 0.462. The van der Waals surface area contributed by atoms with E-state index in [9.17, 15) is 8.42 Å². The molecular formula is C11H18N2O2S2. The second kappa shape index (κ2) is 6.30. The van der Waals surface area contributed by atoms with Gasteiger partial charge in [0.05, 0.1) is 4.90 Å². The molecule has 0 spiro atoms. The van der Waals surface area contributed by atoms with Gasteiger partial charge in [0.2, 0.25) is 10.0 Å². The van der Waals surface area contributed by atoms with Gasteiger partial charge < -0.3 is 5.73 Å². The third-order valence-electron chi connectivity index (χ3n) is 2.46. The first-order chi connectivity index (χ1) is 8.04. The molecule has 1 heterocycles. The van der Waals surface area contributed by atoms with Crippen LogP contribution >= 0.6 is 11.3 Å². The predicted octanol–water partition coefficient (Wildman–Crippen LogP) is 1.79. The van der Waals surface area contributed by atoms with Crippen molar-refractivity contribution in [1.29, 1.82) is 0 Å². The van der Waals surface area contributed by atoms with Crippen LogP contribution in [0.3, 0.4) is 0 Å². The number of nitrogens with two attached hydrogens (primary N) is 1.